The van der Waals surface area contributed by atoms with Crippen LogP contribution in [0.25, 0.3) is 0 Å². The summed E-state index contributed by atoms with van der Waals surface area (Å²) in [4.78, 5) is 0. The summed E-state index contributed by atoms with van der Waals surface area (Å²) < 4.78 is 0. The minimum absolute atomic E-state index is 0. The maximum Gasteiger partial charge on any atom is 2.00 e. The molecule has 0 spiro atoms. The van der Waals surface area contributed by atoms with Crippen molar-refractivity contribution in [2.45, 2.75) is 69.2 Å². The normalized spacial score (nSPS) is 30.6. The molecule has 0 aliphatic heterocycles. The van der Waals surface area contributed by atoms with Gasteiger partial charge in [-0.15, -0.1) is 0 Å². The van der Waals surface area contributed by atoms with Gasteiger partial charge in [0.1, 0.15) is 0 Å². The van der Waals surface area contributed by atoms with Crippen LogP contribution in [0.4, 0.5) is 0 Å². The van der Waals surface area contributed by atoms with Gasteiger partial charge in [-0.1, -0.05) is 80.1 Å². The van der Waals surface area contributed by atoms with Gasteiger partial charge in [0, 0.05) is 0 Å². The van der Waals surface area contributed by atoms with Gasteiger partial charge >= 0.3 is 19.5 Å². The SMILES string of the molecule is CC(C)(C)C1[CH-]C1(C)C.CC(C)(C)C1[CH-]C1(C)C.[Zn+2]. The molecule has 0 aromatic rings. The Balaban J connectivity index is 0.000000324. The molecule has 1 heteroatoms. The van der Waals surface area contributed by atoms with E-state index in [4.69, 9.17) is 0 Å². The second kappa shape index (κ2) is 5.43. The van der Waals surface area contributed by atoms with Crippen LogP contribution in [0.1, 0.15) is 69.2 Å². The van der Waals surface area contributed by atoms with E-state index in [1.165, 1.54) is 0 Å². The van der Waals surface area contributed by atoms with Crippen LogP contribution >= 0.6 is 0 Å². The summed E-state index contributed by atoms with van der Waals surface area (Å²) in [5, 5.41) is 0. The first-order chi connectivity index (χ1) is 7.68. The van der Waals surface area contributed by atoms with Crippen LogP contribution in [-0.4, -0.2) is 0 Å². The monoisotopic (exact) mass is 314 g/mol. The molecule has 19 heavy (non-hydrogen) atoms. The fourth-order valence-corrected chi connectivity index (χ4v) is 3.49. The van der Waals surface area contributed by atoms with E-state index in [0.29, 0.717) is 21.7 Å². The van der Waals surface area contributed by atoms with Gasteiger partial charge in [-0.3, -0.25) is 0 Å². The van der Waals surface area contributed by atoms with Crippen LogP contribution in [0.2, 0.25) is 0 Å². The summed E-state index contributed by atoms with van der Waals surface area (Å²) in [5.41, 5.74) is 2.03. The summed E-state index contributed by atoms with van der Waals surface area (Å²) >= 11 is 0. The second-order valence-electron chi connectivity index (χ2n) is 9.66. The predicted molar refractivity (Wildman–Crippen MR) is 82.1 cm³/mol. The average Bonchev–Trinajstić information content (AvgIpc) is 2.87. The van der Waals surface area contributed by atoms with Crippen LogP contribution in [0, 0.1) is 46.3 Å². The topological polar surface area (TPSA) is 0 Å². The van der Waals surface area contributed by atoms with Crippen molar-refractivity contribution in [3.63, 3.8) is 0 Å². The van der Waals surface area contributed by atoms with E-state index in [1.807, 2.05) is 0 Å². The molecule has 2 fully saturated rings. The third kappa shape index (κ3) is 5.49. The smallest absolute Gasteiger partial charge is 0.323 e. The molecule has 0 aromatic carbocycles. The molecule has 2 saturated carbocycles. The van der Waals surface area contributed by atoms with E-state index >= 15 is 0 Å². The van der Waals surface area contributed by atoms with Crippen molar-refractivity contribution in [1.82, 2.24) is 0 Å². The molecular formula is C18H34Zn. The first-order valence-corrected chi connectivity index (χ1v) is 7.40. The van der Waals surface area contributed by atoms with E-state index < -0.39 is 0 Å². The van der Waals surface area contributed by atoms with E-state index in [1.54, 1.807) is 0 Å². The van der Waals surface area contributed by atoms with Crippen molar-refractivity contribution in [3.8, 4) is 0 Å². The maximum atomic E-state index is 2.44. The first kappa shape index (κ1) is 19.6. The standard InChI is InChI=1S/2C9H17.Zn/c2*1-8(2,3)7-6-9(7,4)5;/h2*6-7H,1-5H3;/q2*-1;+2. The summed E-state index contributed by atoms with van der Waals surface area (Å²) in [6, 6.07) is 0. The molecule has 2 rings (SSSR count). The van der Waals surface area contributed by atoms with Gasteiger partial charge in [0.2, 0.25) is 0 Å². The molecule has 2 aliphatic rings. The average molecular weight is 316 g/mol. The molecule has 2 atom stereocenters. The van der Waals surface area contributed by atoms with E-state index in [-0.39, 0.29) is 19.5 Å². The molecule has 0 radical (unpaired) electrons. The van der Waals surface area contributed by atoms with Crippen LogP contribution in [0.15, 0.2) is 0 Å². The molecule has 2 unspecified atom stereocenters. The first-order valence-electron chi connectivity index (χ1n) is 7.40. The predicted octanol–water partition coefficient (Wildman–Crippen LogP) is 5.78. The zero-order chi connectivity index (χ0) is 14.6. The minimum atomic E-state index is 0. The van der Waals surface area contributed by atoms with Crippen molar-refractivity contribution >= 4 is 0 Å². The van der Waals surface area contributed by atoms with E-state index in [0.717, 1.165) is 11.8 Å². The molecule has 108 valence electrons. The molecule has 2 aliphatic carbocycles. The van der Waals surface area contributed by atoms with Crippen molar-refractivity contribution in [3.05, 3.63) is 12.8 Å². The van der Waals surface area contributed by atoms with Crippen molar-refractivity contribution < 1.29 is 19.5 Å². The third-order valence-corrected chi connectivity index (χ3v) is 4.44. The minimum Gasteiger partial charge on any atom is -0.323 e. The summed E-state index contributed by atoms with van der Waals surface area (Å²) in [6.07, 6.45) is 4.88. The van der Waals surface area contributed by atoms with Gasteiger partial charge in [-0.25, -0.2) is 0 Å². The Kier molecular flexibility index (Phi) is 5.61. The Morgan fingerprint density at radius 3 is 0.789 bits per heavy atom. The van der Waals surface area contributed by atoms with Gasteiger partial charge in [-0.05, 0) is 0 Å². The van der Waals surface area contributed by atoms with Crippen molar-refractivity contribution in [1.29, 1.82) is 0 Å². The molecule has 0 saturated heterocycles. The Morgan fingerprint density at radius 1 is 0.632 bits per heavy atom. The zero-order valence-corrected chi connectivity index (χ0v) is 18.0. The van der Waals surface area contributed by atoms with E-state index in [9.17, 15) is 0 Å². The Morgan fingerprint density at radius 2 is 0.789 bits per heavy atom. The Bertz CT molecular complexity index is 267. The summed E-state index contributed by atoms with van der Waals surface area (Å²) in [5.74, 6) is 1.68. The Hall–Kier alpha value is 0.623. The number of hydrogen-bond donors (Lipinski definition) is 0. The van der Waals surface area contributed by atoms with Crippen LogP contribution in [0.3, 0.4) is 0 Å². The molecular weight excluding hydrogens is 282 g/mol. The fourth-order valence-electron chi connectivity index (χ4n) is 3.49. The van der Waals surface area contributed by atoms with Gasteiger partial charge in [-0.2, -0.15) is 22.7 Å². The maximum absolute atomic E-state index is 2.44. The zero-order valence-electron chi connectivity index (χ0n) is 15.0. The van der Waals surface area contributed by atoms with Crippen molar-refractivity contribution in [2.75, 3.05) is 0 Å². The quantitative estimate of drug-likeness (QED) is 0.392. The fraction of sp³-hybridized carbons (Fsp3) is 0.889. The molecule has 0 bridgehead atoms. The van der Waals surface area contributed by atoms with Gasteiger partial charge in [0.05, 0.1) is 0 Å². The van der Waals surface area contributed by atoms with Crippen LogP contribution in [0.5, 0.6) is 0 Å². The molecule has 0 aromatic heterocycles. The summed E-state index contributed by atoms with van der Waals surface area (Å²) in [6.45, 7) is 23.1. The second-order valence-corrected chi connectivity index (χ2v) is 9.66. The van der Waals surface area contributed by atoms with Crippen LogP contribution in [-0.2, 0) is 19.5 Å². The molecule has 0 nitrogen and oxygen atoms in total. The molecule has 0 N–H and O–H groups in total. The van der Waals surface area contributed by atoms with Crippen molar-refractivity contribution in [2.24, 2.45) is 33.5 Å². The molecule has 0 heterocycles. The largest absolute Gasteiger partial charge is 2.00 e. The summed E-state index contributed by atoms with van der Waals surface area (Å²) in [7, 11) is 0. The number of rotatable bonds is 0. The van der Waals surface area contributed by atoms with E-state index in [2.05, 4.69) is 82.1 Å². The van der Waals surface area contributed by atoms with Gasteiger partial charge < -0.3 is 12.8 Å². The third-order valence-electron chi connectivity index (χ3n) is 4.44. The van der Waals surface area contributed by atoms with Gasteiger partial charge in [0.15, 0.2) is 0 Å². The Labute approximate surface area is 135 Å². The van der Waals surface area contributed by atoms with Crippen LogP contribution < -0.4 is 0 Å². The molecule has 0 amide bonds. The van der Waals surface area contributed by atoms with Gasteiger partial charge in [0.25, 0.3) is 0 Å². The number of hydrogen-bond acceptors (Lipinski definition) is 0.